The molecule has 0 bridgehead atoms. The highest BCUT2D eigenvalue weighted by molar-refractivity contribution is 7.89. The smallest absolute Gasteiger partial charge is 0.321 e. The van der Waals surface area contributed by atoms with Gasteiger partial charge in [-0.25, -0.2) is 8.42 Å². The van der Waals surface area contributed by atoms with Gasteiger partial charge in [0.1, 0.15) is 6.04 Å². The Labute approximate surface area is 116 Å². The number of aliphatic carboxylic acids is 1. The third-order valence-corrected chi connectivity index (χ3v) is 4.07. The minimum Gasteiger partial charge on any atom is -0.480 e. The summed E-state index contributed by atoms with van der Waals surface area (Å²) in [5.41, 5.74) is 0.356. The van der Waals surface area contributed by atoms with E-state index in [2.05, 4.69) is 0 Å². The first-order valence-corrected chi connectivity index (χ1v) is 7.23. The number of sulfonamides is 1. The number of hydrogen-bond donors (Lipinski definition) is 3. The fraction of sp³-hybridized carbons (Fsp3) is 0.333. The number of carboxylic acid groups (broad SMARTS) is 1. The van der Waals surface area contributed by atoms with Gasteiger partial charge in [-0.15, -0.1) is 0 Å². The monoisotopic (exact) mass is 301 g/mol. The molecule has 7 nitrogen and oxygen atoms in total. The average molecular weight is 301 g/mol. The van der Waals surface area contributed by atoms with Gasteiger partial charge in [0.25, 0.3) is 0 Å². The van der Waals surface area contributed by atoms with E-state index in [9.17, 15) is 18.0 Å². The zero-order valence-corrected chi connectivity index (χ0v) is 11.6. The number of rotatable bonds is 7. The molecule has 1 atom stereocenters. The second-order valence-electron chi connectivity index (χ2n) is 4.10. The first-order chi connectivity index (χ1) is 9.27. The minimum absolute atomic E-state index is 0.147. The highest BCUT2D eigenvalue weighted by Crippen LogP contribution is 2.12. The number of ketones is 1. The van der Waals surface area contributed by atoms with Crippen molar-refractivity contribution in [2.24, 2.45) is 0 Å². The Kier molecular flexibility index (Phi) is 5.37. The lowest BCUT2D eigenvalue weighted by Gasteiger charge is -2.13. The quantitative estimate of drug-likeness (QED) is 0.610. The normalized spacial score (nSPS) is 12.9. The second-order valence-corrected chi connectivity index (χ2v) is 5.82. The second kappa shape index (κ2) is 6.60. The lowest BCUT2D eigenvalue weighted by atomic mass is 10.2. The fourth-order valence-corrected chi connectivity index (χ4v) is 2.71. The van der Waals surface area contributed by atoms with Crippen molar-refractivity contribution in [3.8, 4) is 0 Å². The third kappa shape index (κ3) is 4.12. The Bertz CT molecular complexity index is 593. The van der Waals surface area contributed by atoms with E-state index >= 15 is 0 Å². The molecule has 0 fully saturated rings. The van der Waals surface area contributed by atoms with Crippen LogP contribution in [-0.2, 0) is 14.8 Å². The number of aliphatic hydroxyl groups excluding tert-OH is 1. The first-order valence-electron chi connectivity index (χ1n) is 5.75. The van der Waals surface area contributed by atoms with Crippen LogP contribution in [0.15, 0.2) is 29.2 Å². The molecule has 0 amide bonds. The minimum atomic E-state index is -4.02. The number of carbonyl (C=O) groups excluding carboxylic acids is 1. The predicted octanol–water partition coefficient (Wildman–Crippen LogP) is 0.00310. The molecule has 0 saturated heterocycles. The zero-order chi connectivity index (χ0) is 15.3. The van der Waals surface area contributed by atoms with E-state index in [4.69, 9.17) is 10.2 Å². The van der Waals surface area contributed by atoms with Gasteiger partial charge >= 0.3 is 5.97 Å². The molecule has 0 unspecified atom stereocenters. The summed E-state index contributed by atoms with van der Waals surface area (Å²) < 4.78 is 25.9. The molecule has 0 saturated carbocycles. The van der Waals surface area contributed by atoms with Crippen LogP contribution in [0.4, 0.5) is 0 Å². The van der Waals surface area contributed by atoms with Crippen molar-refractivity contribution in [3.63, 3.8) is 0 Å². The maximum atomic E-state index is 12.0. The van der Waals surface area contributed by atoms with Gasteiger partial charge < -0.3 is 10.2 Å². The number of nitrogens with one attached hydrogen (secondary N) is 1. The molecule has 0 aliphatic rings. The summed E-state index contributed by atoms with van der Waals surface area (Å²) in [6, 6.07) is 3.73. The molecule has 0 heterocycles. The van der Waals surface area contributed by atoms with Gasteiger partial charge in [0, 0.05) is 12.2 Å². The largest absolute Gasteiger partial charge is 0.480 e. The lowest BCUT2D eigenvalue weighted by Crippen LogP contribution is -2.41. The van der Waals surface area contributed by atoms with E-state index in [1.807, 2.05) is 4.72 Å². The van der Waals surface area contributed by atoms with Crippen LogP contribution in [0.5, 0.6) is 0 Å². The maximum absolute atomic E-state index is 12.0. The van der Waals surface area contributed by atoms with Crippen molar-refractivity contribution >= 4 is 21.8 Å². The van der Waals surface area contributed by atoms with Crippen molar-refractivity contribution in [2.45, 2.75) is 24.3 Å². The summed E-state index contributed by atoms with van der Waals surface area (Å²) in [6.07, 6.45) is -0.236. The lowest BCUT2D eigenvalue weighted by molar-refractivity contribution is -0.139. The molecule has 8 heteroatoms. The van der Waals surface area contributed by atoms with Crippen LogP contribution in [0.25, 0.3) is 0 Å². The topological polar surface area (TPSA) is 121 Å². The van der Waals surface area contributed by atoms with Gasteiger partial charge in [-0.05, 0) is 25.5 Å². The maximum Gasteiger partial charge on any atom is 0.321 e. The summed E-state index contributed by atoms with van der Waals surface area (Å²) in [5.74, 6) is -1.58. The summed E-state index contributed by atoms with van der Waals surface area (Å²) in [5, 5.41) is 17.6. The summed E-state index contributed by atoms with van der Waals surface area (Å²) in [6.45, 7) is 0.895. The average Bonchev–Trinajstić information content (AvgIpc) is 2.38. The standard InChI is InChI=1S/C12H15NO6S/c1-8(15)9-2-4-10(5-3-9)20(18,19)13-11(6-7-14)12(16)17/h2-5,11,13-14H,6-7H2,1H3,(H,16,17)/t11-/m0/s1. The van der Waals surface area contributed by atoms with E-state index in [-0.39, 0.29) is 17.1 Å². The first kappa shape index (κ1) is 16.3. The molecule has 3 N–H and O–H groups in total. The molecule has 20 heavy (non-hydrogen) atoms. The van der Waals surface area contributed by atoms with Crippen LogP contribution >= 0.6 is 0 Å². The highest BCUT2D eigenvalue weighted by atomic mass is 32.2. The summed E-state index contributed by atoms with van der Waals surface area (Å²) >= 11 is 0. The van der Waals surface area contributed by atoms with Crippen molar-refractivity contribution < 1.29 is 28.2 Å². The molecular formula is C12H15NO6S. The van der Waals surface area contributed by atoms with Crippen LogP contribution in [0.3, 0.4) is 0 Å². The molecule has 1 aromatic rings. The molecule has 110 valence electrons. The molecule has 0 aliphatic carbocycles. The number of carboxylic acids is 1. The molecule has 0 radical (unpaired) electrons. The Hall–Kier alpha value is -1.77. The van der Waals surface area contributed by atoms with Gasteiger partial charge in [0.15, 0.2) is 5.78 Å². The zero-order valence-electron chi connectivity index (χ0n) is 10.7. The van der Waals surface area contributed by atoms with Gasteiger partial charge in [0.05, 0.1) is 4.90 Å². The van der Waals surface area contributed by atoms with Crippen LogP contribution in [0.2, 0.25) is 0 Å². The molecule has 0 spiro atoms. The molecule has 0 aromatic heterocycles. The van der Waals surface area contributed by atoms with E-state index in [1.54, 1.807) is 0 Å². The van der Waals surface area contributed by atoms with E-state index < -0.39 is 28.6 Å². The van der Waals surface area contributed by atoms with Crippen LogP contribution < -0.4 is 4.72 Å². The van der Waals surface area contributed by atoms with Gasteiger partial charge in [-0.3, -0.25) is 9.59 Å². The Morgan fingerprint density at radius 1 is 1.25 bits per heavy atom. The third-order valence-electron chi connectivity index (χ3n) is 2.58. The van der Waals surface area contributed by atoms with Gasteiger partial charge in [0.2, 0.25) is 10.0 Å². The Balaban J connectivity index is 2.98. The van der Waals surface area contributed by atoms with Crippen LogP contribution in [0.1, 0.15) is 23.7 Å². The highest BCUT2D eigenvalue weighted by Gasteiger charge is 2.24. The Morgan fingerprint density at radius 2 is 1.80 bits per heavy atom. The van der Waals surface area contributed by atoms with E-state index in [0.29, 0.717) is 5.56 Å². The number of benzene rings is 1. The van der Waals surface area contributed by atoms with Gasteiger partial charge in [-0.1, -0.05) is 12.1 Å². The fourth-order valence-electron chi connectivity index (χ4n) is 1.49. The Morgan fingerprint density at radius 3 is 2.20 bits per heavy atom. The summed E-state index contributed by atoms with van der Waals surface area (Å²) in [4.78, 5) is 21.8. The molecule has 0 aliphatic heterocycles. The number of carbonyl (C=O) groups is 2. The molecular weight excluding hydrogens is 286 g/mol. The van der Waals surface area contributed by atoms with Crippen molar-refractivity contribution in [3.05, 3.63) is 29.8 Å². The van der Waals surface area contributed by atoms with Gasteiger partial charge in [-0.2, -0.15) is 4.72 Å². The van der Waals surface area contributed by atoms with E-state index in [0.717, 1.165) is 0 Å². The summed E-state index contributed by atoms with van der Waals surface area (Å²) in [7, 11) is -4.02. The number of Topliss-reactive ketones (excluding diaryl/α,β-unsaturated/α-hetero) is 1. The number of hydrogen-bond acceptors (Lipinski definition) is 5. The van der Waals surface area contributed by atoms with Crippen molar-refractivity contribution in [1.82, 2.24) is 4.72 Å². The van der Waals surface area contributed by atoms with E-state index in [1.165, 1.54) is 31.2 Å². The van der Waals surface area contributed by atoms with Crippen LogP contribution in [0, 0.1) is 0 Å². The predicted molar refractivity (Wildman–Crippen MR) is 69.9 cm³/mol. The SMILES string of the molecule is CC(=O)c1ccc(S(=O)(=O)N[C@@H](CCO)C(=O)O)cc1. The van der Waals surface area contributed by atoms with Crippen molar-refractivity contribution in [2.75, 3.05) is 6.61 Å². The molecule has 1 aromatic carbocycles. The van der Waals surface area contributed by atoms with Crippen LogP contribution in [-0.4, -0.2) is 43.0 Å². The van der Waals surface area contributed by atoms with Crippen molar-refractivity contribution in [1.29, 1.82) is 0 Å². The molecule has 1 rings (SSSR count). The number of aliphatic hydroxyl groups is 1.